The van der Waals surface area contributed by atoms with Gasteiger partial charge in [0.15, 0.2) is 0 Å². The normalized spacial score (nSPS) is 17.9. The predicted octanol–water partition coefficient (Wildman–Crippen LogP) is 9.92. The Morgan fingerprint density at radius 1 is 0.585 bits per heavy atom. The summed E-state index contributed by atoms with van der Waals surface area (Å²) >= 11 is 0. The highest BCUT2D eigenvalue weighted by molar-refractivity contribution is 6.16. The SMILES string of the molecule is CC1(c2ccccc2)c2ccc3c(c2NC1c1ccccc1)c1ccccc1n3-c1cccc(-c2ccccc2)c1. The maximum absolute atomic E-state index is 4.06. The number of nitrogens with one attached hydrogen (secondary N) is 1. The Hall–Kier alpha value is -5.08. The predicted molar refractivity (Wildman–Crippen MR) is 172 cm³/mol. The van der Waals surface area contributed by atoms with Crippen molar-refractivity contribution in [3.05, 3.63) is 168 Å². The summed E-state index contributed by atoms with van der Waals surface area (Å²) in [7, 11) is 0. The maximum atomic E-state index is 4.06. The van der Waals surface area contributed by atoms with Crippen LogP contribution < -0.4 is 5.32 Å². The average molecular weight is 527 g/mol. The molecule has 0 spiro atoms. The number of benzene rings is 6. The van der Waals surface area contributed by atoms with Crippen LogP contribution in [0.25, 0.3) is 38.6 Å². The Bertz CT molecular complexity index is 2020. The molecule has 0 aliphatic carbocycles. The van der Waals surface area contributed by atoms with Crippen LogP contribution in [0.4, 0.5) is 5.69 Å². The molecule has 196 valence electrons. The van der Waals surface area contributed by atoms with E-state index >= 15 is 0 Å². The second-order valence-corrected chi connectivity index (χ2v) is 11.2. The van der Waals surface area contributed by atoms with E-state index in [4.69, 9.17) is 0 Å². The van der Waals surface area contributed by atoms with E-state index in [0.29, 0.717) is 0 Å². The van der Waals surface area contributed by atoms with E-state index in [9.17, 15) is 0 Å². The number of hydrogen-bond acceptors (Lipinski definition) is 1. The van der Waals surface area contributed by atoms with Crippen LogP contribution in [0.1, 0.15) is 29.7 Å². The van der Waals surface area contributed by atoms with E-state index in [1.807, 2.05) is 0 Å². The lowest BCUT2D eigenvalue weighted by Gasteiger charge is -2.33. The molecule has 41 heavy (non-hydrogen) atoms. The van der Waals surface area contributed by atoms with Crippen LogP contribution in [0.15, 0.2) is 152 Å². The van der Waals surface area contributed by atoms with E-state index in [2.05, 4.69) is 168 Å². The summed E-state index contributed by atoms with van der Waals surface area (Å²) < 4.78 is 2.43. The molecule has 0 amide bonds. The number of rotatable bonds is 4. The second kappa shape index (κ2) is 9.25. The first-order chi connectivity index (χ1) is 20.2. The average Bonchev–Trinajstić information content (AvgIpc) is 3.55. The topological polar surface area (TPSA) is 17.0 Å². The quantitative estimate of drug-likeness (QED) is 0.241. The van der Waals surface area contributed by atoms with E-state index < -0.39 is 0 Å². The lowest BCUT2D eigenvalue weighted by molar-refractivity contribution is 0.514. The van der Waals surface area contributed by atoms with Crippen LogP contribution in [0.3, 0.4) is 0 Å². The van der Waals surface area contributed by atoms with E-state index in [-0.39, 0.29) is 11.5 Å². The van der Waals surface area contributed by atoms with Crippen LogP contribution in [-0.4, -0.2) is 4.57 Å². The van der Waals surface area contributed by atoms with Gasteiger partial charge in [0.05, 0.1) is 17.1 Å². The third-order valence-electron chi connectivity index (χ3n) is 8.98. The first-order valence-corrected chi connectivity index (χ1v) is 14.3. The summed E-state index contributed by atoms with van der Waals surface area (Å²) in [5.41, 5.74) is 11.0. The fourth-order valence-corrected chi connectivity index (χ4v) is 6.99. The van der Waals surface area contributed by atoms with Crippen molar-refractivity contribution in [1.82, 2.24) is 4.57 Å². The fraction of sp³-hybridized carbons (Fsp3) is 0.0769. The van der Waals surface area contributed by atoms with Gasteiger partial charge >= 0.3 is 0 Å². The summed E-state index contributed by atoms with van der Waals surface area (Å²) in [4.78, 5) is 0. The summed E-state index contributed by atoms with van der Waals surface area (Å²) in [6, 6.07) is 55.0. The fourth-order valence-electron chi connectivity index (χ4n) is 6.99. The number of hydrogen-bond donors (Lipinski definition) is 1. The van der Waals surface area contributed by atoms with Crippen LogP contribution in [-0.2, 0) is 5.41 Å². The van der Waals surface area contributed by atoms with Gasteiger partial charge in [0.2, 0.25) is 0 Å². The van der Waals surface area contributed by atoms with Crippen molar-refractivity contribution in [1.29, 1.82) is 0 Å². The lowest BCUT2D eigenvalue weighted by Crippen LogP contribution is -2.30. The van der Waals surface area contributed by atoms with Crippen LogP contribution in [0, 0.1) is 0 Å². The van der Waals surface area contributed by atoms with Crippen molar-refractivity contribution < 1.29 is 0 Å². The molecule has 1 N–H and O–H groups in total. The molecule has 8 rings (SSSR count). The van der Waals surface area contributed by atoms with Gasteiger partial charge in [0.1, 0.15) is 0 Å². The molecule has 1 aromatic heterocycles. The number of fused-ring (bicyclic) bond motifs is 5. The zero-order valence-corrected chi connectivity index (χ0v) is 23.0. The summed E-state index contributed by atoms with van der Waals surface area (Å²) in [5.74, 6) is 0. The zero-order valence-electron chi connectivity index (χ0n) is 23.0. The largest absolute Gasteiger partial charge is 0.376 e. The Balaban J connectivity index is 1.40. The van der Waals surface area contributed by atoms with Gasteiger partial charge in [0.25, 0.3) is 0 Å². The molecule has 0 radical (unpaired) electrons. The van der Waals surface area contributed by atoms with Gasteiger partial charge in [-0.1, -0.05) is 127 Å². The highest BCUT2D eigenvalue weighted by atomic mass is 15.0. The molecule has 7 aromatic rings. The van der Waals surface area contributed by atoms with Gasteiger partial charge < -0.3 is 9.88 Å². The minimum Gasteiger partial charge on any atom is -0.376 e. The number of nitrogens with zero attached hydrogens (tertiary/aromatic N) is 1. The molecule has 6 aromatic carbocycles. The van der Waals surface area contributed by atoms with Crippen molar-refractivity contribution in [2.45, 2.75) is 18.4 Å². The first-order valence-electron chi connectivity index (χ1n) is 14.3. The van der Waals surface area contributed by atoms with Crippen molar-refractivity contribution in [2.75, 3.05) is 5.32 Å². The lowest BCUT2D eigenvalue weighted by atomic mass is 9.71. The molecule has 2 unspecified atom stereocenters. The summed E-state index contributed by atoms with van der Waals surface area (Å²) in [5, 5.41) is 6.61. The first kappa shape index (κ1) is 23.8. The summed E-state index contributed by atoms with van der Waals surface area (Å²) in [6.07, 6.45) is 0. The van der Waals surface area contributed by atoms with Crippen LogP contribution >= 0.6 is 0 Å². The van der Waals surface area contributed by atoms with E-state index in [0.717, 1.165) is 0 Å². The monoisotopic (exact) mass is 526 g/mol. The number of para-hydroxylation sites is 1. The Kier molecular flexibility index (Phi) is 5.36. The molecule has 1 aliphatic heterocycles. The van der Waals surface area contributed by atoms with Crippen LogP contribution in [0.5, 0.6) is 0 Å². The van der Waals surface area contributed by atoms with Gasteiger partial charge in [-0.25, -0.2) is 0 Å². The molecular weight excluding hydrogens is 496 g/mol. The number of aromatic nitrogens is 1. The molecule has 0 saturated carbocycles. The molecule has 2 atom stereocenters. The molecule has 0 fully saturated rings. The third kappa shape index (κ3) is 3.57. The minimum atomic E-state index is -0.234. The van der Waals surface area contributed by atoms with Crippen molar-refractivity contribution in [3.63, 3.8) is 0 Å². The molecule has 2 nitrogen and oxygen atoms in total. The minimum absolute atomic E-state index is 0.107. The van der Waals surface area contributed by atoms with Gasteiger partial charge in [-0.3, -0.25) is 0 Å². The standard InChI is InChI=1S/C39H30N2/c1-39(30-19-9-4-10-20-30)33-24-25-35-36(37(33)40-38(39)28-16-7-3-8-17-28)32-22-11-12-23-34(32)41(35)31-21-13-18-29(26-31)27-14-5-2-6-15-27/h2-26,38,40H,1H3. The van der Waals surface area contributed by atoms with Gasteiger partial charge in [-0.05, 0) is 59.0 Å². The molecule has 0 bridgehead atoms. The van der Waals surface area contributed by atoms with E-state index in [1.54, 1.807) is 0 Å². The molecule has 2 heteroatoms. The van der Waals surface area contributed by atoms with Gasteiger partial charge in [0, 0.05) is 27.6 Å². The van der Waals surface area contributed by atoms with Crippen molar-refractivity contribution >= 4 is 27.5 Å². The Labute approximate surface area is 240 Å². The van der Waals surface area contributed by atoms with Gasteiger partial charge in [-0.2, -0.15) is 0 Å². The number of anilines is 1. The highest BCUT2D eigenvalue weighted by Gasteiger charge is 2.46. The highest BCUT2D eigenvalue weighted by Crippen LogP contribution is 2.55. The Morgan fingerprint density at radius 2 is 1.24 bits per heavy atom. The maximum Gasteiger partial charge on any atom is 0.0649 e. The van der Waals surface area contributed by atoms with Gasteiger partial charge in [-0.15, -0.1) is 0 Å². The van der Waals surface area contributed by atoms with Crippen molar-refractivity contribution in [3.8, 4) is 16.8 Å². The molecule has 2 heterocycles. The molecular formula is C39H30N2. The summed E-state index contributed by atoms with van der Waals surface area (Å²) in [6.45, 7) is 2.40. The van der Waals surface area contributed by atoms with E-state index in [1.165, 1.54) is 61.0 Å². The molecule has 0 saturated heterocycles. The molecule has 1 aliphatic rings. The Morgan fingerprint density at radius 3 is 2.02 bits per heavy atom. The smallest absolute Gasteiger partial charge is 0.0649 e. The van der Waals surface area contributed by atoms with Crippen molar-refractivity contribution in [2.24, 2.45) is 0 Å². The third-order valence-corrected chi connectivity index (χ3v) is 8.98. The second-order valence-electron chi connectivity index (χ2n) is 11.2. The van der Waals surface area contributed by atoms with Crippen LogP contribution in [0.2, 0.25) is 0 Å². The zero-order chi connectivity index (χ0) is 27.4.